The van der Waals surface area contributed by atoms with Crippen LogP contribution < -0.4 is 0 Å². The molecule has 0 radical (unpaired) electrons. The van der Waals surface area contributed by atoms with Crippen molar-refractivity contribution >= 4 is 35.1 Å². The van der Waals surface area contributed by atoms with Gasteiger partial charge in [0.15, 0.2) is 11.0 Å². The average molecular weight is 419 g/mol. The van der Waals surface area contributed by atoms with Gasteiger partial charge in [-0.3, -0.25) is 0 Å². The summed E-state index contributed by atoms with van der Waals surface area (Å²) in [4.78, 5) is 22.2. The largest absolute Gasteiger partial charge is 0.464 e. The molecule has 2 rings (SSSR count). The molecule has 0 bridgehead atoms. The third-order valence-corrected chi connectivity index (χ3v) is 3.97. The second kappa shape index (κ2) is 11.0. The van der Waals surface area contributed by atoms with Gasteiger partial charge in [-0.25, -0.2) is 4.79 Å². The van der Waals surface area contributed by atoms with Gasteiger partial charge in [-0.2, -0.15) is 4.39 Å². The summed E-state index contributed by atoms with van der Waals surface area (Å²) in [6, 6.07) is 14.1. The molecule has 2 aromatic carbocycles. The predicted molar refractivity (Wildman–Crippen MR) is 110 cm³/mol. The van der Waals surface area contributed by atoms with Crippen molar-refractivity contribution in [1.29, 1.82) is 0 Å². The Balaban J connectivity index is 2.15. The van der Waals surface area contributed by atoms with Crippen LogP contribution in [0.4, 0.5) is 4.39 Å². The van der Waals surface area contributed by atoms with Crippen molar-refractivity contribution in [3.63, 3.8) is 0 Å². The van der Waals surface area contributed by atoms with E-state index >= 15 is 0 Å². The van der Waals surface area contributed by atoms with Crippen LogP contribution in [0.5, 0.6) is 0 Å². The molecule has 0 saturated carbocycles. The van der Waals surface area contributed by atoms with E-state index in [0.29, 0.717) is 22.4 Å². The van der Waals surface area contributed by atoms with Crippen LogP contribution >= 0.6 is 11.6 Å². The normalized spacial score (nSPS) is 12.5. The Bertz CT molecular complexity index is 936. The lowest BCUT2D eigenvalue weighted by Gasteiger charge is -2.10. The van der Waals surface area contributed by atoms with Crippen molar-refractivity contribution in [2.24, 2.45) is 10.3 Å². The number of halogens is 2. The number of hydrogen-bond acceptors (Lipinski definition) is 6. The second-order valence-electron chi connectivity index (χ2n) is 5.78. The van der Waals surface area contributed by atoms with E-state index in [-0.39, 0.29) is 12.3 Å². The second-order valence-corrected chi connectivity index (χ2v) is 6.14. The molecule has 0 aromatic heterocycles. The first-order chi connectivity index (χ1) is 14.0. The van der Waals surface area contributed by atoms with Gasteiger partial charge in [-0.1, -0.05) is 70.4 Å². The molecule has 0 fully saturated rings. The first-order valence-electron chi connectivity index (χ1n) is 8.53. The summed E-state index contributed by atoms with van der Waals surface area (Å²) < 4.78 is 17.5. The van der Waals surface area contributed by atoms with Gasteiger partial charge in [0.25, 0.3) is 0 Å². The van der Waals surface area contributed by atoms with Crippen LogP contribution in [0.2, 0.25) is 0 Å². The van der Waals surface area contributed by atoms with E-state index in [1.54, 1.807) is 49.4 Å². The maximum Gasteiger partial charge on any atom is 0.360 e. The Morgan fingerprint density at radius 1 is 1.10 bits per heavy atom. The van der Waals surface area contributed by atoms with Crippen LogP contribution in [0.1, 0.15) is 29.2 Å². The zero-order valence-corrected chi connectivity index (χ0v) is 16.9. The Hall–Kier alpha value is -3.19. The summed E-state index contributed by atoms with van der Waals surface area (Å²) in [5.74, 6) is -0.624. The molecule has 0 amide bonds. The number of methoxy groups -OCH3 is 1. The maximum atomic E-state index is 12.7. The highest BCUT2D eigenvalue weighted by Gasteiger charge is 2.19. The van der Waals surface area contributed by atoms with Gasteiger partial charge in [0.05, 0.1) is 12.8 Å². The van der Waals surface area contributed by atoms with Gasteiger partial charge in [-0.15, -0.1) is 0 Å². The van der Waals surface area contributed by atoms with Crippen molar-refractivity contribution in [3.8, 4) is 0 Å². The van der Waals surface area contributed by atoms with E-state index in [4.69, 9.17) is 26.0 Å². The highest BCUT2D eigenvalue weighted by Crippen LogP contribution is 2.15. The number of rotatable bonds is 8. The van der Waals surface area contributed by atoms with Crippen molar-refractivity contribution in [2.45, 2.75) is 13.5 Å². The highest BCUT2D eigenvalue weighted by molar-refractivity contribution is 6.43. The SMILES string of the molecule is CO/N=C(/C(=O)OC)c1ccccc1CON=C(C)c1ccc(C=C(F)Cl)cc1. The van der Waals surface area contributed by atoms with E-state index < -0.39 is 11.3 Å². The summed E-state index contributed by atoms with van der Waals surface area (Å²) in [6.45, 7) is 1.89. The molecule has 0 saturated heterocycles. The number of carbonyl (C=O) groups is 1. The fourth-order valence-electron chi connectivity index (χ4n) is 2.46. The van der Waals surface area contributed by atoms with E-state index in [0.717, 1.165) is 5.56 Å². The molecule has 0 spiro atoms. The average Bonchev–Trinajstić information content (AvgIpc) is 2.72. The minimum Gasteiger partial charge on any atom is -0.464 e. The lowest BCUT2D eigenvalue weighted by molar-refractivity contribution is -0.132. The Morgan fingerprint density at radius 2 is 1.79 bits per heavy atom. The summed E-state index contributed by atoms with van der Waals surface area (Å²) in [5, 5.41) is 7.08. The number of esters is 1. The lowest BCUT2D eigenvalue weighted by Crippen LogP contribution is -2.19. The van der Waals surface area contributed by atoms with Crippen molar-refractivity contribution in [1.82, 2.24) is 0 Å². The predicted octanol–water partition coefficient (Wildman–Crippen LogP) is 4.66. The van der Waals surface area contributed by atoms with Gasteiger partial charge in [0, 0.05) is 11.1 Å². The van der Waals surface area contributed by atoms with Gasteiger partial charge >= 0.3 is 5.97 Å². The topological polar surface area (TPSA) is 69.5 Å². The van der Waals surface area contributed by atoms with Crippen LogP contribution in [0.25, 0.3) is 6.08 Å². The molecular formula is C21H20ClFN2O4. The van der Waals surface area contributed by atoms with E-state index in [9.17, 15) is 9.18 Å². The third-order valence-electron chi connectivity index (χ3n) is 3.86. The minimum atomic E-state index is -0.784. The molecule has 0 heterocycles. The monoisotopic (exact) mass is 418 g/mol. The third kappa shape index (κ3) is 6.43. The van der Waals surface area contributed by atoms with E-state index in [2.05, 4.69) is 10.3 Å². The Morgan fingerprint density at radius 3 is 2.41 bits per heavy atom. The fourth-order valence-corrected chi connectivity index (χ4v) is 2.59. The molecule has 6 nitrogen and oxygen atoms in total. The van der Waals surface area contributed by atoms with E-state index in [1.807, 2.05) is 6.07 Å². The summed E-state index contributed by atoms with van der Waals surface area (Å²) in [7, 11) is 2.61. The summed E-state index contributed by atoms with van der Waals surface area (Å²) in [6.07, 6.45) is 1.21. The van der Waals surface area contributed by atoms with Crippen molar-refractivity contribution in [2.75, 3.05) is 14.2 Å². The van der Waals surface area contributed by atoms with Crippen LogP contribution in [-0.4, -0.2) is 31.6 Å². The highest BCUT2D eigenvalue weighted by atomic mass is 35.5. The minimum absolute atomic E-state index is 0.0325. The summed E-state index contributed by atoms with van der Waals surface area (Å²) in [5.41, 5.74) is 3.31. The molecule has 2 aromatic rings. The Kier molecular flexibility index (Phi) is 8.36. The van der Waals surface area contributed by atoms with E-state index in [1.165, 1.54) is 20.3 Å². The van der Waals surface area contributed by atoms with Crippen molar-refractivity contribution in [3.05, 3.63) is 76.1 Å². The van der Waals surface area contributed by atoms with Gasteiger partial charge in [0.1, 0.15) is 13.7 Å². The molecule has 0 aliphatic rings. The lowest BCUT2D eigenvalue weighted by atomic mass is 10.0. The zero-order chi connectivity index (χ0) is 21.2. The number of hydrogen-bond donors (Lipinski definition) is 0. The van der Waals surface area contributed by atoms with Crippen LogP contribution in [0.15, 0.2) is 64.1 Å². The first-order valence-corrected chi connectivity index (χ1v) is 8.91. The molecule has 8 heteroatoms. The number of benzene rings is 2. The van der Waals surface area contributed by atoms with Crippen LogP contribution in [-0.2, 0) is 25.8 Å². The first kappa shape index (κ1) is 22.1. The smallest absolute Gasteiger partial charge is 0.360 e. The zero-order valence-electron chi connectivity index (χ0n) is 16.2. The molecule has 0 N–H and O–H groups in total. The van der Waals surface area contributed by atoms with Gasteiger partial charge in [0.2, 0.25) is 0 Å². The van der Waals surface area contributed by atoms with Gasteiger partial charge < -0.3 is 14.4 Å². The Labute approximate surface area is 173 Å². The number of ether oxygens (including phenoxy) is 1. The molecule has 0 aliphatic carbocycles. The quantitative estimate of drug-likeness (QED) is 0.355. The van der Waals surface area contributed by atoms with Gasteiger partial charge in [-0.05, 0) is 24.1 Å². The number of oxime groups is 2. The van der Waals surface area contributed by atoms with Crippen LogP contribution in [0, 0.1) is 0 Å². The standard InChI is InChI=1S/C21H20ClFN2O4/c1-14(16-10-8-15(9-11-16)12-19(22)23)24-29-13-17-6-4-5-7-18(17)20(25-28-3)21(26)27-2/h4-12H,13H2,1-3H3/b19-12?,24-14?,25-20+. The number of carbonyl (C=O) groups excluding carboxylic acids is 1. The molecule has 29 heavy (non-hydrogen) atoms. The molecule has 0 unspecified atom stereocenters. The van der Waals surface area contributed by atoms with Crippen molar-refractivity contribution < 1.29 is 23.6 Å². The summed E-state index contributed by atoms with van der Waals surface area (Å²) >= 11 is 5.23. The molecule has 0 aliphatic heterocycles. The number of nitrogens with zero attached hydrogens (tertiary/aromatic N) is 2. The maximum absolute atomic E-state index is 12.7. The molecule has 0 atom stereocenters. The molecular weight excluding hydrogens is 399 g/mol. The van der Waals surface area contributed by atoms with Crippen LogP contribution in [0.3, 0.4) is 0 Å². The molecule has 152 valence electrons. The fraction of sp³-hybridized carbons (Fsp3) is 0.190.